The molecule has 10 heavy (non-hydrogen) atoms. The highest BCUT2D eigenvalue weighted by Gasteiger charge is 1.91. The van der Waals surface area contributed by atoms with Crippen LogP contribution >= 0.6 is 0 Å². The lowest BCUT2D eigenvalue weighted by atomic mass is 10.3. The lowest BCUT2D eigenvalue weighted by molar-refractivity contribution is 0.515. The first-order valence-corrected chi connectivity index (χ1v) is 3.37. The SMILES string of the molecule is C=C.CCc1cc(C)co1. The van der Waals surface area contributed by atoms with Crippen molar-refractivity contribution in [3.05, 3.63) is 36.8 Å². The maximum Gasteiger partial charge on any atom is 0.103 e. The molecule has 1 aromatic heterocycles. The van der Waals surface area contributed by atoms with Crippen LogP contribution < -0.4 is 0 Å². The van der Waals surface area contributed by atoms with E-state index >= 15 is 0 Å². The molecule has 1 nitrogen and oxygen atoms in total. The molecule has 0 aromatic carbocycles. The van der Waals surface area contributed by atoms with E-state index in [0.29, 0.717) is 0 Å². The number of hydrogen-bond donors (Lipinski definition) is 0. The van der Waals surface area contributed by atoms with Crippen LogP contribution in [0.5, 0.6) is 0 Å². The molecule has 0 aliphatic rings. The van der Waals surface area contributed by atoms with Crippen LogP contribution in [0.1, 0.15) is 18.2 Å². The summed E-state index contributed by atoms with van der Waals surface area (Å²) in [7, 11) is 0. The Morgan fingerprint density at radius 3 is 2.30 bits per heavy atom. The first kappa shape index (κ1) is 9.02. The van der Waals surface area contributed by atoms with Crippen LogP contribution in [0, 0.1) is 6.92 Å². The van der Waals surface area contributed by atoms with Crippen molar-refractivity contribution in [1.29, 1.82) is 0 Å². The molecule has 0 aliphatic heterocycles. The Labute approximate surface area is 62.4 Å². The summed E-state index contributed by atoms with van der Waals surface area (Å²) in [5, 5.41) is 0. The standard InChI is InChI=1S/C7H10O.C2H4/c1-3-7-4-6(2)5-8-7;1-2/h4-5H,3H2,1-2H3;1-2H2. The van der Waals surface area contributed by atoms with Crippen molar-refractivity contribution in [2.45, 2.75) is 20.3 Å². The molecule has 1 heteroatoms. The molecule has 0 N–H and O–H groups in total. The van der Waals surface area contributed by atoms with Gasteiger partial charge in [0.05, 0.1) is 6.26 Å². The van der Waals surface area contributed by atoms with Gasteiger partial charge in [-0.2, -0.15) is 0 Å². The van der Waals surface area contributed by atoms with Crippen molar-refractivity contribution in [2.24, 2.45) is 0 Å². The van der Waals surface area contributed by atoms with Gasteiger partial charge >= 0.3 is 0 Å². The largest absolute Gasteiger partial charge is 0.469 e. The van der Waals surface area contributed by atoms with Gasteiger partial charge in [-0.25, -0.2) is 0 Å². The van der Waals surface area contributed by atoms with E-state index in [1.165, 1.54) is 5.56 Å². The predicted molar refractivity (Wildman–Crippen MR) is 44.1 cm³/mol. The summed E-state index contributed by atoms with van der Waals surface area (Å²) >= 11 is 0. The predicted octanol–water partition coefficient (Wildman–Crippen LogP) is 2.95. The lowest BCUT2D eigenvalue weighted by Crippen LogP contribution is -1.67. The first-order valence-electron chi connectivity index (χ1n) is 3.37. The topological polar surface area (TPSA) is 13.1 Å². The van der Waals surface area contributed by atoms with Crippen LogP contribution in [0.3, 0.4) is 0 Å². The zero-order valence-corrected chi connectivity index (χ0v) is 6.68. The molecule has 56 valence electrons. The highest BCUT2D eigenvalue weighted by molar-refractivity contribution is 5.09. The maximum atomic E-state index is 5.11. The van der Waals surface area contributed by atoms with Gasteiger partial charge in [0.1, 0.15) is 5.76 Å². The summed E-state index contributed by atoms with van der Waals surface area (Å²) in [6.45, 7) is 10.1. The average molecular weight is 138 g/mol. The number of hydrogen-bond acceptors (Lipinski definition) is 1. The second kappa shape index (κ2) is 4.86. The molecule has 0 radical (unpaired) electrons. The Morgan fingerprint density at radius 1 is 1.50 bits per heavy atom. The Hall–Kier alpha value is -0.980. The second-order valence-corrected chi connectivity index (χ2v) is 1.94. The van der Waals surface area contributed by atoms with E-state index in [4.69, 9.17) is 4.42 Å². The smallest absolute Gasteiger partial charge is 0.103 e. The molecule has 1 aromatic rings. The second-order valence-electron chi connectivity index (χ2n) is 1.94. The van der Waals surface area contributed by atoms with E-state index in [1.807, 2.05) is 6.92 Å². The summed E-state index contributed by atoms with van der Waals surface area (Å²) in [4.78, 5) is 0. The van der Waals surface area contributed by atoms with Crippen molar-refractivity contribution in [3.8, 4) is 0 Å². The highest BCUT2D eigenvalue weighted by Crippen LogP contribution is 2.05. The first-order chi connectivity index (χ1) is 4.83. The Balaban J connectivity index is 0.000000371. The number of furan rings is 1. The molecule has 1 heterocycles. The third kappa shape index (κ3) is 2.53. The number of aryl methyl sites for hydroxylation is 2. The molecule has 0 spiro atoms. The van der Waals surface area contributed by atoms with E-state index in [9.17, 15) is 0 Å². The Bertz CT molecular complexity index is 177. The number of rotatable bonds is 1. The zero-order valence-electron chi connectivity index (χ0n) is 6.68. The minimum absolute atomic E-state index is 0.994. The average Bonchev–Trinajstić information content (AvgIpc) is 2.40. The Morgan fingerprint density at radius 2 is 2.10 bits per heavy atom. The monoisotopic (exact) mass is 138 g/mol. The fourth-order valence-electron chi connectivity index (χ4n) is 0.676. The summed E-state index contributed by atoms with van der Waals surface area (Å²) in [5.74, 6) is 1.07. The van der Waals surface area contributed by atoms with Gasteiger partial charge < -0.3 is 4.42 Å². The van der Waals surface area contributed by atoms with Gasteiger partial charge in [0, 0.05) is 6.42 Å². The third-order valence-corrected chi connectivity index (χ3v) is 1.13. The summed E-state index contributed by atoms with van der Waals surface area (Å²) in [5.41, 5.74) is 1.21. The molecule has 0 bridgehead atoms. The van der Waals surface area contributed by atoms with Crippen molar-refractivity contribution < 1.29 is 4.42 Å². The minimum Gasteiger partial charge on any atom is -0.469 e. The summed E-state index contributed by atoms with van der Waals surface area (Å²) in [6.07, 6.45) is 2.77. The highest BCUT2D eigenvalue weighted by atomic mass is 16.3. The lowest BCUT2D eigenvalue weighted by Gasteiger charge is -1.79. The van der Waals surface area contributed by atoms with Gasteiger partial charge in [0.15, 0.2) is 0 Å². The van der Waals surface area contributed by atoms with E-state index < -0.39 is 0 Å². The van der Waals surface area contributed by atoms with Crippen LogP contribution in [0.15, 0.2) is 29.9 Å². The van der Waals surface area contributed by atoms with E-state index in [-0.39, 0.29) is 0 Å². The molecule has 0 aliphatic carbocycles. The van der Waals surface area contributed by atoms with E-state index in [1.54, 1.807) is 6.26 Å². The van der Waals surface area contributed by atoms with Crippen molar-refractivity contribution in [2.75, 3.05) is 0 Å². The van der Waals surface area contributed by atoms with Gasteiger partial charge in [-0.05, 0) is 18.6 Å². The van der Waals surface area contributed by atoms with Gasteiger partial charge in [-0.1, -0.05) is 6.92 Å². The van der Waals surface area contributed by atoms with Gasteiger partial charge in [-0.15, -0.1) is 13.2 Å². The quantitative estimate of drug-likeness (QED) is 0.544. The van der Waals surface area contributed by atoms with Crippen molar-refractivity contribution in [3.63, 3.8) is 0 Å². The zero-order chi connectivity index (χ0) is 7.98. The molecule has 0 saturated heterocycles. The van der Waals surface area contributed by atoms with Gasteiger partial charge in [0.2, 0.25) is 0 Å². The molecular weight excluding hydrogens is 124 g/mol. The maximum absolute atomic E-state index is 5.11. The fourth-order valence-corrected chi connectivity index (χ4v) is 0.676. The van der Waals surface area contributed by atoms with Crippen molar-refractivity contribution >= 4 is 0 Å². The minimum atomic E-state index is 0.994. The summed E-state index contributed by atoms with van der Waals surface area (Å²) < 4.78 is 5.11. The third-order valence-electron chi connectivity index (χ3n) is 1.13. The molecule has 0 unspecified atom stereocenters. The van der Waals surface area contributed by atoms with Crippen LogP contribution in [-0.4, -0.2) is 0 Å². The van der Waals surface area contributed by atoms with Crippen molar-refractivity contribution in [1.82, 2.24) is 0 Å². The fraction of sp³-hybridized carbons (Fsp3) is 0.333. The molecule has 0 atom stereocenters. The van der Waals surface area contributed by atoms with Gasteiger partial charge in [0.25, 0.3) is 0 Å². The Kier molecular flexibility index (Phi) is 4.38. The van der Waals surface area contributed by atoms with Crippen LogP contribution in [-0.2, 0) is 6.42 Å². The normalized spacial score (nSPS) is 8.20. The van der Waals surface area contributed by atoms with Crippen LogP contribution in [0.2, 0.25) is 0 Å². The molecular formula is C9H14O. The van der Waals surface area contributed by atoms with E-state index in [2.05, 4.69) is 26.1 Å². The molecule has 0 amide bonds. The summed E-state index contributed by atoms with van der Waals surface area (Å²) in [6, 6.07) is 2.06. The molecule has 0 fully saturated rings. The van der Waals surface area contributed by atoms with Crippen LogP contribution in [0.4, 0.5) is 0 Å². The molecule has 1 rings (SSSR count). The molecule has 0 saturated carbocycles. The van der Waals surface area contributed by atoms with E-state index in [0.717, 1.165) is 12.2 Å². The van der Waals surface area contributed by atoms with Gasteiger partial charge in [-0.3, -0.25) is 0 Å². The van der Waals surface area contributed by atoms with Crippen LogP contribution in [0.25, 0.3) is 0 Å².